The Labute approximate surface area is 206 Å². The molecular weight excluding hydrogens is 474 g/mol. The molecule has 35 heavy (non-hydrogen) atoms. The van der Waals surface area contributed by atoms with Crippen LogP contribution in [0.4, 0.5) is 17.1 Å². The average Bonchev–Trinajstić information content (AvgIpc) is 3.08. The molecule has 0 unspecified atom stereocenters. The van der Waals surface area contributed by atoms with Gasteiger partial charge in [0.15, 0.2) is 17.3 Å². The first-order chi connectivity index (χ1) is 16.8. The topological polar surface area (TPSA) is 111 Å². The molecule has 1 aliphatic heterocycles. The molecule has 0 aromatic heterocycles. The molecule has 0 saturated heterocycles. The summed E-state index contributed by atoms with van der Waals surface area (Å²) in [6, 6.07) is 13.6. The Morgan fingerprint density at radius 3 is 2.31 bits per heavy atom. The summed E-state index contributed by atoms with van der Waals surface area (Å²) in [4.78, 5) is 39.1. The summed E-state index contributed by atoms with van der Waals surface area (Å²) in [6.45, 7) is 0.969. The van der Waals surface area contributed by atoms with E-state index in [2.05, 4.69) is 5.32 Å². The number of nitro benzene ring substituents is 1. The first-order valence-corrected chi connectivity index (χ1v) is 11.1. The van der Waals surface area contributed by atoms with Crippen molar-refractivity contribution in [2.24, 2.45) is 0 Å². The molecule has 9 nitrogen and oxygen atoms in total. The summed E-state index contributed by atoms with van der Waals surface area (Å²) in [5, 5.41) is 14.5. The van der Waals surface area contributed by atoms with E-state index in [-0.39, 0.29) is 27.4 Å². The summed E-state index contributed by atoms with van der Waals surface area (Å²) in [5.74, 6) is -0.137. The third-order valence-electron chi connectivity index (χ3n) is 5.42. The quantitative estimate of drug-likeness (QED) is 0.292. The minimum absolute atomic E-state index is 0.0937. The van der Waals surface area contributed by atoms with Gasteiger partial charge in [0.2, 0.25) is 0 Å². The molecule has 0 fully saturated rings. The van der Waals surface area contributed by atoms with E-state index in [1.54, 1.807) is 43.3 Å². The molecule has 0 saturated carbocycles. The zero-order valence-corrected chi connectivity index (χ0v) is 19.8. The molecule has 3 aromatic rings. The number of carbonyl (C=O) groups excluding carboxylic acids is 2. The average molecular weight is 496 g/mol. The molecule has 1 N–H and O–H groups in total. The van der Waals surface area contributed by atoms with Crippen molar-refractivity contribution < 1.29 is 24.0 Å². The molecule has 180 valence electrons. The van der Waals surface area contributed by atoms with E-state index >= 15 is 0 Å². The van der Waals surface area contributed by atoms with E-state index in [0.29, 0.717) is 36.1 Å². The van der Waals surface area contributed by atoms with E-state index in [9.17, 15) is 19.7 Å². The van der Waals surface area contributed by atoms with Crippen LogP contribution in [-0.4, -0.2) is 43.9 Å². The molecule has 0 spiro atoms. The first-order valence-electron chi connectivity index (χ1n) is 10.8. The summed E-state index contributed by atoms with van der Waals surface area (Å²) in [5.41, 5.74) is 0.746. The molecule has 0 radical (unpaired) electrons. The van der Waals surface area contributed by atoms with Gasteiger partial charge in [-0.25, -0.2) is 0 Å². The Morgan fingerprint density at radius 2 is 1.66 bits per heavy atom. The summed E-state index contributed by atoms with van der Waals surface area (Å²) >= 11 is 6.35. The van der Waals surface area contributed by atoms with Gasteiger partial charge >= 0.3 is 0 Å². The van der Waals surface area contributed by atoms with Crippen molar-refractivity contribution in [3.8, 4) is 11.5 Å². The van der Waals surface area contributed by atoms with E-state index in [1.165, 1.54) is 30.3 Å². The second-order valence-electron chi connectivity index (χ2n) is 8.01. The Hall–Kier alpha value is -4.11. The van der Waals surface area contributed by atoms with Crippen molar-refractivity contribution in [3.05, 3.63) is 86.4 Å². The van der Waals surface area contributed by atoms with Crippen molar-refractivity contribution in [3.63, 3.8) is 0 Å². The standard InChI is InChI=1S/C25H22ClN3O6/c1-28(2)20-9-8-15(12-21(20)29(32)33)24(30)16-6-3-4-7-17(16)25(31)27-19-14-23-22(13-18(19)26)34-10-5-11-35-23/h3-4,6-9,12-14H,5,10-11H2,1-2H3,(H,27,31). The van der Waals surface area contributed by atoms with Crippen LogP contribution in [0.15, 0.2) is 54.6 Å². The number of amides is 1. The molecule has 1 aliphatic rings. The lowest BCUT2D eigenvalue weighted by molar-refractivity contribution is -0.384. The second-order valence-corrected chi connectivity index (χ2v) is 8.42. The lowest BCUT2D eigenvalue weighted by Crippen LogP contribution is -2.17. The van der Waals surface area contributed by atoms with Gasteiger partial charge in [-0.05, 0) is 18.2 Å². The lowest BCUT2D eigenvalue weighted by atomic mass is 9.97. The van der Waals surface area contributed by atoms with Gasteiger partial charge in [0.25, 0.3) is 11.6 Å². The summed E-state index contributed by atoms with van der Waals surface area (Å²) < 4.78 is 11.3. The molecule has 1 amide bonds. The van der Waals surface area contributed by atoms with Gasteiger partial charge in [0, 0.05) is 49.8 Å². The fourth-order valence-electron chi connectivity index (χ4n) is 3.69. The molecule has 0 atom stereocenters. The van der Waals surface area contributed by atoms with Crippen LogP contribution in [-0.2, 0) is 0 Å². The molecule has 0 aliphatic carbocycles. The first kappa shape index (κ1) is 24.0. The van der Waals surface area contributed by atoms with Gasteiger partial charge in [-0.1, -0.05) is 29.8 Å². The Morgan fingerprint density at radius 1 is 1.00 bits per heavy atom. The maximum Gasteiger partial charge on any atom is 0.293 e. The summed E-state index contributed by atoms with van der Waals surface area (Å²) in [7, 11) is 3.35. The number of ether oxygens (including phenoxy) is 2. The molecule has 4 rings (SSSR count). The normalized spacial score (nSPS) is 12.4. The number of carbonyl (C=O) groups is 2. The fraction of sp³-hybridized carbons (Fsp3) is 0.200. The number of anilines is 2. The van der Waals surface area contributed by atoms with E-state index < -0.39 is 16.6 Å². The number of hydrogen-bond acceptors (Lipinski definition) is 7. The molecule has 3 aromatic carbocycles. The van der Waals surface area contributed by atoms with Crippen molar-refractivity contribution in [2.45, 2.75) is 6.42 Å². The largest absolute Gasteiger partial charge is 0.490 e. The Kier molecular flexibility index (Phi) is 6.88. The van der Waals surface area contributed by atoms with Crippen LogP contribution in [0, 0.1) is 10.1 Å². The predicted molar refractivity (Wildman–Crippen MR) is 132 cm³/mol. The van der Waals surface area contributed by atoms with Gasteiger partial charge < -0.3 is 19.7 Å². The SMILES string of the molecule is CN(C)c1ccc(C(=O)c2ccccc2C(=O)Nc2cc3c(cc2Cl)OCCCO3)cc1[N+](=O)[O-]. The van der Waals surface area contributed by atoms with Crippen molar-refractivity contribution in [2.75, 3.05) is 37.5 Å². The smallest absolute Gasteiger partial charge is 0.293 e. The zero-order chi connectivity index (χ0) is 25.1. The number of nitrogens with one attached hydrogen (secondary N) is 1. The number of rotatable bonds is 6. The number of halogens is 1. The minimum atomic E-state index is -0.565. The Bertz CT molecular complexity index is 1320. The van der Waals surface area contributed by atoms with E-state index in [0.717, 1.165) is 6.42 Å². The maximum absolute atomic E-state index is 13.3. The maximum atomic E-state index is 13.3. The highest BCUT2D eigenvalue weighted by Crippen LogP contribution is 2.38. The molecular formula is C25H22ClN3O6. The van der Waals surface area contributed by atoms with Gasteiger partial charge in [0.05, 0.1) is 34.4 Å². The number of fused-ring (bicyclic) bond motifs is 1. The number of ketones is 1. The highest BCUT2D eigenvalue weighted by atomic mass is 35.5. The number of nitro groups is 1. The number of hydrogen-bond donors (Lipinski definition) is 1. The molecule has 0 bridgehead atoms. The highest BCUT2D eigenvalue weighted by molar-refractivity contribution is 6.34. The Balaban J connectivity index is 1.65. The predicted octanol–water partition coefficient (Wildman–Crippen LogP) is 4.96. The zero-order valence-electron chi connectivity index (χ0n) is 19.0. The van der Waals surface area contributed by atoms with E-state index in [1.807, 2.05) is 0 Å². The highest BCUT2D eigenvalue weighted by Gasteiger charge is 2.23. The molecule has 1 heterocycles. The third-order valence-corrected chi connectivity index (χ3v) is 5.73. The van der Waals surface area contributed by atoms with Crippen LogP contribution in [0.25, 0.3) is 0 Å². The van der Waals surface area contributed by atoms with Gasteiger partial charge in [-0.3, -0.25) is 19.7 Å². The van der Waals surface area contributed by atoms with Crippen molar-refractivity contribution >= 4 is 40.4 Å². The molecule has 10 heteroatoms. The van der Waals surface area contributed by atoms with Crippen LogP contribution in [0.2, 0.25) is 5.02 Å². The minimum Gasteiger partial charge on any atom is -0.490 e. The van der Waals surface area contributed by atoms with Crippen molar-refractivity contribution in [1.82, 2.24) is 0 Å². The number of nitrogens with zero attached hydrogens (tertiary/aromatic N) is 2. The van der Waals surface area contributed by atoms with Gasteiger partial charge in [0.1, 0.15) is 5.69 Å². The summed E-state index contributed by atoms with van der Waals surface area (Å²) in [6.07, 6.45) is 0.719. The van der Waals surface area contributed by atoms with Crippen LogP contribution in [0.5, 0.6) is 11.5 Å². The van der Waals surface area contributed by atoms with Crippen LogP contribution in [0.1, 0.15) is 32.7 Å². The monoisotopic (exact) mass is 495 g/mol. The van der Waals surface area contributed by atoms with Crippen LogP contribution < -0.4 is 19.7 Å². The van der Waals surface area contributed by atoms with Gasteiger partial charge in [-0.15, -0.1) is 0 Å². The van der Waals surface area contributed by atoms with Crippen molar-refractivity contribution in [1.29, 1.82) is 0 Å². The number of benzene rings is 3. The van der Waals surface area contributed by atoms with E-state index in [4.69, 9.17) is 21.1 Å². The fourth-order valence-corrected chi connectivity index (χ4v) is 3.89. The van der Waals surface area contributed by atoms with Crippen LogP contribution in [0.3, 0.4) is 0 Å². The third kappa shape index (κ3) is 5.04. The van der Waals surface area contributed by atoms with Crippen LogP contribution >= 0.6 is 11.6 Å². The van der Waals surface area contributed by atoms with Gasteiger partial charge in [-0.2, -0.15) is 0 Å². The lowest BCUT2D eigenvalue weighted by Gasteiger charge is -2.15. The second kappa shape index (κ2) is 10.0.